The monoisotopic (exact) mass is 501 g/mol. The second-order valence-electron chi connectivity index (χ2n) is 6.84. The van der Waals surface area contributed by atoms with Gasteiger partial charge in [0.1, 0.15) is 5.52 Å². The van der Waals surface area contributed by atoms with Gasteiger partial charge in [0.2, 0.25) is 0 Å². The van der Waals surface area contributed by atoms with E-state index in [1.165, 1.54) is 17.4 Å². The van der Waals surface area contributed by atoms with Gasteiger partial charge in [-0.25, -0.2) is 13.4 Å². The average molecular weight is 502 g/mol. The number of fused-ring (bicyclic) bond motifs is 1. The fourth-order valence-electron chi connectivity index (χ4n) is 3.20. The van der Waals surface area contributed by atoms with E-state index in [1.54, 1.807) is 29.2 Å². The number of likely N-dealkylation sites (N-methyl/N-ethyl adjacent to an activating group) is 1. The second-order valence-corrected chi connectivity index (χ2v) is 10.2. The van der Waals surface area contributed by atoms with Crippen LogP contribution in [0.5, 0.6) is 0 Å². The summed E-state index contributed by atoms with van der Waals surface area (Å²) in [5.74, 6) is -0.390. The Kier molecular flexibility index (Phi) is 8.85. The van der Waals surface area contributed by atoms with Gasteiger partial charge >= 0.3 is 0 Å². The van der Waals surface area contributed by atoms with Crippen LogP contribution in [0, 0.1) is 0 Å². The van der Waals surface area contributed by atoms with E-state index < -0.39 is 15.7 Å². The second kappa shape index (κ2) is 10.7. The van der Waals surface area contributed by atoms with Crippen molar-refractivity contribution < 1.29 is 13.2 Å². The minimum absolute atomic E-state index is 0. The van der Waals surface area contributed by atoms with Crippen LogP contribution in [-0.4, -0.2) is 56.6 Å². The molecule has 168 valence electrons. The number of amides is 1. The number of benzene rings is 2. The highest BCUT2D eigenvalue weighted by molar-refractivity contribution is 7.90. The Morgan fingerprint density at radius 3 is 2.35 bits per heavy atom. The normalized spacial score (nSPS) is 11.5. The van der Waals surface area contributed by atoms with E-state index in [2.05, 4.69) is 23.7 Å². The number of nitrogens with zero attached hydrogens (tertiary/aromatic N) is 3. The first-order valence-corrected chi connectivity index (χ1v) is 12.7. The minimum atomic E-state index is -3.56. The molecule has 1 amide bonds. The number of halogens is 2. The number of carbonyl (C=O) groups excluding carboxylic acids is 1. The molecule has 0 aliphatic rings. The van der Waals surface area contributed by atoms with Crippen LogP contribution in [-0.2, 0) is 9.84 Å². The van der Waals surface area contributed by atoms with Crippen LogP contribution in [0.4, 0.5) is 5.13 Å². The molecule has 31 heavy (non-hydrogen) atoms. The highest BCUT2D eigenvalue weighted by Crippen LogP contribution is 2.33. The number of para-hydroxylation sites is 1. The van der Waals surface area contributed by atoms with Gasteiger partial charge in [-0.2, -0.15) is 0 Å². The third-order valence-corrected chi connectivity index (χ3v) is 7.39. The average Bonchev–Trinajstić information content (AvgIpc) is 3.15. The van der Waals surface area contributed by atoms with Gasteiger partial charge in [0, 0.05) is 19.3 Å². The fraction of sp³-hybridized carbons (Fsp3) is 0.333. The van der Waals surface area contributed by atoms with Crippen molar-refractivity contribution in [1.82, 2.24) is 9.88 Å². The van der Waals surface area contributed by atoms with Gasteiger partial charge in [-0.05, 0) is 37.4 Å². The fourth-order valence-corrected chi connectivity index (χ4v) is 5.37. The van der Waals surface area contributed by atoms with Crippen LogP contribution in [0.25, 0.3) is 10.2 Å². The largest absolute Gasteiger partial charge is 0.302 e. The van der Waals surface area contributed by atoms with E-state index in [-0.39, 0.29) is 22.9 Å². The number of rotatable bonds is 8. The molecule has 0 saturated carbocycles. The summed E-state index contributed by atoms with van der Waals surface area (Å²) in [4.78, 5) is 21.9. The molecule has 0 aliphatic heterocycles. The van der Waals surface area contributed by atoms with Crippen molar-refractivity contribution in [2.75, 3.05) is 37.3 Å². The van der Waals surface area contributed by atoms with Gasteiger partial charge < -0.3 is 4.90 Å². The Balaban J connectivity index is 0.00000341. The summed E-state index contributed by atoms with van der Waals surface area (Å²) in [6.07, 6.45) is 1.11. The third-order valence-electron chi connectivity index (χ3n) is 4.89. The molecule has 0 saturated heterocycles. The summed E-state index contributed by atoms with van der Waals surface area (Å²) in [6.45, 7) is 6.85. The minimum Gasteiger partial charge on any atom is -0.302 e. The van der Waals surface area contributed by atoms with Crippen molar-refractivity contribution in [3.63, 3.8) is 0 Å². The van der Waals surface area contributed by atoms with Gasteiger partial charge in [-0.3, -0.25) is 9.69 Å². The summed E-state index contributed by atoms with van der Waals surface area (Å²) in [5, 5.41) is 1.02. The van der Waals surface area contributed by atoms with Crippen LogP contribution in [0.2, 0.25) is 5.02 Å². The molecule has 0 N–H and O–H groups in total. The van der Waals surface area contributed by atoms with Crippen LogP contribution in [0.3, 0.4) is 0 Å². The maximum absolute atomic E-state index is 13.5. The van der Waals surface area contributed by atoms with Crippen LogP contribution < -0.4 is 4.90 Å². The lowest BCUT2D eigenvalue weighted by atomic mass is 10.2. The zero-order chi connectivity index (χ0) is 21.9. The number of thiazole rings is 1. The van der Waals surface area contributed by atoms with E-state index in [0.717, 1.165) is 24.0 Å². The smallest absolute Gasteiger partial charge is 0.261 e. The SMILES string of the molecule is CCN(CC)CCN(C(=O)c1ccccc1S(C)(=O)=O)c1nc2c(Cl)cccc2s1.Cl. The molecule has 1 heterocycles. The maximum Gasteiger partial charge on any atom is 0.261 e. The molecule has 3 rings (SSSR count). The summed E-state index contributed by atoms with van der Waals surface area (Å²) in [5.41, 5.74) is 0.779. The molecule has 3 aromatic rings. The van der Waals surface area contributed by atoms with Crippen molar-refractivity contribution in [1.29, 1.82) is 0 Å². The zero-order valence-corrected chi connectivity index (χ0v) is 20.7. The Morgan fingerprint density at radius 2 is 1.74 bits per heavy atom. The van der Waals surface area contributed by atoms with Crippen molar-refractivity contribution in [2.45, 2.75) is 18.7 Å². The van der Waals surface area contributed by atoms with Gasteiger partial charge in [0.25, 0.3) is 5.91 Å². The van der Waals surface area contributed by atoms with Crippen LogP contribution >= 0.6 is 35.3 Å². The summed E-state index contributed by atoms with van der Waals surface area (Å²) < 4.78 is 25.4. The lowest BCUT2D eigenvalue weighted by molar-refractivity contribution is 0.0980. The van der Waals surface area contributed by atoms with Crippen molar-refractivity contribution in [2.24, 2.45) is 0 Å². The molecular formula is C21H25Cl2N3O3S2. The Labute approximate surface area is 198 Å². The van der Waals surface area contributed by atoms with Gasteiger partial charge in [-0.15, -0.1) is 12.4 Å². The van der Waals surface area contributed by atoms with Gasteiger partial charge in [0.05, 0.1) is 20.2 Å². The predicted molar refractivity (Wildman–Crippen MR) is 131 cm³/mol. The standard InChI is InChI=1S/C21H24ClN3O3S2.ClH/c1-4-24(5-2)13-14-25(21-23-19-16(22)10-8-11-17(19)29-21)20(26)15-9-6-7-12-18(15)30(3,27)28;/h6-12H,4-5,13-14H2,1-3H3;1H. The molecular weight excluding hydrogens is 477 g/mol. The number of aromatic nitrogens is 1. The number of hydrogen-bond acceptors (Lipinski definition) is 6. The third kappa shape index (κ3) is 5.75. The lowest BCUT2D eigenvalue weighted by Gasteiger charge is -2.25. The Bertz CT molecular complexity index is 1160. The van der Waals surface area contributed by atoms with Crippen LogP contribution in [0.1, 0.15) is 24.2 Å². The predicted octanol–water partition coefficient (Wildman–Crippen LogP) is 4.76. The maximum atomic E-state index is 13.5. The molecule has 6 nitrogen and oxygen atoms in total. The Hall–Kier alpha value is -1.71. The van der Waals surface area contributed by atoms with E-state index in [0.29, 0.717) is 28.8 Å². The molecule has 0 fully saturated rings. The van der Waals surface area contributed by atoms with E-state index in [4.69, 9.17) is 11.6 Å². The highest BCUT2D eigenvalue weighted by atomic mass is 35.5. The van der Waals surface area contributed by atoms with E-state index in [9.17, 15) is 13.2 Å². The van der Waals surface area contributed by atoms with Crippen molar-refractivity contribution in [3.8, 4) is 0 Å². The molecule has 10 heteroatoms. The van der Waals surface area contributed by atoms with Gasteiger partial charge in [0.15, 0.2) is 15.0 Å². The molecule has 0 radical (unpaired) electrons. The topological polar surface area (TPSA) is 70.6 Å². The van der Waals surface area contributed by atoms with E-state index in [1.807, 2.05) is 12.1 Å². The van der Waals surface area contributed by atoms with Crippen molar-refractivity contribution in [3.05, 3.63) is 53.1 Å². The summed E-state index contributed by atoms with van der Waals surface area (Å²) in [7, 11) is -3.56. The molecule has 0 spiro atoms. The number of carbonyl (C=O) groups is 1. The number of anilines is 1. The van der Waals surface area contributed by atoms with E-state index >= 15 is 0 Å². The molecule has 0 aliphatic carbocycles. The van der Waals surface area contributed by atoms with Crippen molar-refractivity contribution >= 4 is 66.4 Å². The van der Waals surface area contributed by atoms with Crippen LogP contribution in [0.15, 0.2) is 47.4 Å². The first-order chi connectivity index (χ1) is 14.3. The summed E-state index contributed by atoms with van der Waals surface area (Å²) >= 11 is 7.65. The molecule has 2 aromatic carbocycles. The summed E-state index contributed by atoms with van der Waals surface area (Å²) in [6, 6.07) is 11.8. The Morgan fingerprint density at radius 1 is 1.06 bits per heavy atom. The highest BCUT2D eigenvalue weighted by Gasteiger charge is 2.26. The van der Waals surface area contributed by atoms with Gasteiger partial charge in [-0.1, -0.05) is 55.0 Å². The number of hydrogen-bond donors (Lipinski definition) is 0. The zero-order valence-electron chi connectivity index (χ0n) is 17.5. The molecule has 1 aromatic heterocycles. The molecule has 0 unspecified atom stereocenters. The first-order valence-electron chi connectivity index (χ1n) is 9.64. The molecule has 0 atom stereocenters. The lowest BCUT2D eigenvalue weighted by Crippen LogP contribution is -2.39. The molecule has 0 bridgehead atoms. The quantitative estimate of drug-likeness (QED) is 0.444. The first kappa shape index (κ1) is 25.5. The number of sulfone groups is 1.